The predicted molar refractivity (Wildman–Crippen MR) is 72.5 cm³/mol. The molecule has 0 aliphatic rings. The molecule has 0 amide bonds. The molecule has 0 unspecified atom stereocenters. The average molecular weight is 237 g/mol. The van der Waals surface area contributed by atoms with Crippen molar-refractivity contribution in [1.29, 1.82) is 0 Å². The number of aryl methyl sites for hydroxylation is 1. The fourth-order valence-electron chi connectivity index (χ4n) is 2.01. The summed E-state index contributed by atoms with van der Waals surface area (Å²) in [7, 11) is 0. The van der Waals surface area contributed by atoms with Gasteiger partial charge in [0, 0.05) is 0 Å². The summed E-state index contributed by atoms with van der Waals surface area (Å²) >= 11 is 0. The van der Waals surface area contributed by atoms with Crippen molar-refractivity contribution >= 4 is 5.69 Å². The van der Waals surface area contributed by atoms with Gasteiger partial charge in [0.1, 0.15) is 5.82 Å². The van der Waals surface area contributed by atoms with Gasteiger partial charge in [-0.15, -0.1) is 0 Å². The Morgan fingerprint density at radius 1 is 1.00 bits per heavy atom. The average Bonchev–Trinajstić information content (AvgIpc) is 2.32. The van der Waals surface area contributed by atoms with Gasteiger partial charge in [-0.1, -0.05) is 51.5 Å². The minimum Gasteiger partial charge on any atom is -0.396 e. The van der Waals surface area contributed by atoms with Crippen molar-refractivity contribution in [2.24, 2.45) is 0 Å². The number of halogens is 1. The molecule has 0 spiro atoms. The summed E-state index contributed by atoms with van der Waals surface area (Å²) in [5.41, 5.74) is 6.74. The molecule has 96 valence electrons. The SMILES string of the molecule is CCCCCCCCCc1ccc(N)c(F)c1. The van der Waals surface area contributed by atoms with Crippen LogP contribution in [0.15, 0.2) is 18.2 Å². The van der Waals surface area contributed by atoms with E-state index in [0.717, 1.165) is 18.4 Å². The van der Waals surface area contributed by atoms with Crippen molar-refractivity contribution in [3.63, 3.8) is 0 Å². The van der Waals surface area contributed by atoms with Crippen molar-refractivity contribution in [2.75, 3.05) is 5.73 Å². The van der Waals surface area contributed by atoms with Crippen LogP contribution in [-0.4, -0.2) is 0 Å². The molecule has 0 atom stereocenters. The van der Waals surface area contributed by atoms with Gasteiger partial charge in [-0.2, -0.15) is 0 Å². The van der Waals surface area contributed by atoms with Gasteiger partial charge in [0.15, 0.2) is 0 Å². The van der Waals surface area contributed by atoms with E-state index in [2.05, 4.69) is 6.92 Å². The topological polar surface area (TPSA) is 26.0 Å². The standard InChI is InChI=1S/C15H24FN/c1-2-3-4-5-6-7-8-9-13-10-11-15(17)14(16)12-13/h10-12H,2-9,17H2,1H3. The zero-order valence-electron chi connectivity index (χ0n) is 10.8. The van der Waals surface area contributed by atoms with Crippen LogP contribution in [-0.2, 0) is 6.42 Å². The van der Waals surface area contributed by atoms with Crippen LogP contribution in [0.4, 0.5) is 10.1 Å². The zero-order valence-corrected chi connectivity index (χ0v) is 10.8. The molecule has 1 aromatic rings. The van der Waals surface area contributed by atoms with E-state index < -0.39 is 0 Å². The predicted octanol–water partition coefficient (Wildman–Crippen LogP) is 4.70. The highest BCUT2D eigenvalue weighted by atomic mass is 19.1. The summed E-state index contributed by atoms with van der Waals surface area (Å²) in [6.45, 7) is 2.23. The molecular formula is C15H24FN. The maximum absolute atomic E-state index is 13.2. The Morgan fingerprint density at radius 3 is 2.29 bits per heavy atom. The summed E-state index contributed by atoms with van der Waals surface area (Å²) < 4.78 is 13.2. The van der Waals surface area contributed by atoms with E-state index in [4.69, 9.17) is 5.73 Å². The second-order valence-corrected chi connectivity index (χ2v) is 4.73. The van der Waals surface area contributed by atoms with E-state index in [1.165, 1.54) is 38.5 Å². The van der Waals surface area contributed by atoms with Crippen LogP contribution in [0.1, 0.15) is 57.4 Å². The molecule has 0 bridgehead atoms. The van der Waals surface area contributed by atoms with Gasteiger partial charge in [0.05, 0.1) is 5.69 Å². The summed E-state index contributed by atoms with van der Waals surface area (Å²) in [5.74, 6) is -0.287. The molecule has 0 heterocycles. The monoisotopic (exact) mass is 237 g/mol. The van der Waals surface area contributed by atoms with E-state index in [1.54, 1.807) is 12.1 Å². The lowest BCUT2D eigenvalue weighted by atomic mass is 10.0. The van der Waals surface area contributed by atoms with E-state index >= 15 is 0 Å². The van der Waals surface area contributed by atoms with Crippen LogP contribution in [0.25, 0.3) is 0 Å². The lowest BCUT2D eigenvalue weighted by Gasteiger charge is -2.03. The Balaban J connectivity index is 2.11. The number of hydrogen-bond donors (Lipinski definition) is 1. The first-order valence-corrected chi connectivity index (χ1v) is 6.78. The first-order chi connectivity index (χ1) is 8.24. The summed E-state index contributed by atoms with van der Waals surface area (Å²) in [6.07, 6.45) is 10.00. The fourth-order valence-corrected chi connectivity index (χ4v) is 2.01. The van der Waals surface area contributed by atoms with Crippen molar-refractivity contribution < 1.29 is 4.39 Å². The lowest BCUT2D eigenvalue weighted by molar-refractivity contribution is 0.587. The first kappa shape index (κ1) is 14.0. The highest BCUT2D eigenvalue weighted by molar-refractivity contribution is 5.41. The normalized spacial score (nSPS) is 10.7. The summed E-state index contributed by atoms with van der Waals surface area (Å²) in [6, 6.07) is 5.15. The van der Waals surface area contributed by atoms with Gasteiger partial charge in [-0.05, 0) is 30.5 Å². The van der Waals surface area contributed by atoms with E-state index in [9.17, 15) is 4.39 Å². The van der Waals surface area contributed by atoms with Crippen LogP contribution in [0.5, 0.6) is 0 Å². The molecule has 0 fully saturated rings. The van der Waals surface area contributed by atoms with Gasteiger partial charge >= 0.3 is 0 Å². The minimum absolute atomic E-state index is 0.244. The van der Waals surface area contributed by atoms with Gasteiger partial charge < -0.3 is 5.73 Å². The second-order valence-electron chi connectivity index (χ2n) is 4.73. The molecule has 0 saturated carbocycles. The third kappa shape index (κ3) is 5.71. The maximum atomic E-state index is 13.2. The van der Waals surface area contributed by atoms with Crippen molar-refractivity contribution in [2.45, 2.75) is 58.3 Å². The molecule has 0 aromatic heterocycles. The van der Waals surface area contributed by atoms with Crippen molar-refractivity contribution in [1.82, 2.24) is 0 Å². The molecule has 17 heavy (non-hydrogen) atoms. The molecule has 0 aliphatic carbocycles. The summed E-state index contributed by atoms with van der Waals surface area (Å²) in [5, 5.41) is 0. The number of rotatable bonds is 8. The quantitative estimate of drug-likeness (QED) is 0.514. The van der Waals surface area contributed by atoms with Gasteiger partial charge in [0.2, 0.25) is 0 Å². The number of nitrogens with two attached hydrogens (primary N) is 1. The largest absolute Gasteiger partial charge is 0.396 e. The Kier molecular flexibility index (Phi) is 6.68. The third-order valence-electron chi connectivity index (χ3n) is 3.13. The molecule has 2 heteroatoms. The molecule has 1 nitrogen and oxygen atoms in total. The Bertz CT molecular complexity index is 323. The zero-order chi connectivity index (χ0) is 12.5. The molecule has 2 N–H and O–H groups in total. The van der Waals surface area contributed by atoms with Gasteiger partial charge in [-0.3, -0.25) is 0 Å². The van der Waals surface area contributed by atoms with Crippen molar-refractivity contribution in [3.8, 4) is 0 Å². The van der Waals surface area contributed by atoms with Crippen LogP contribution in [0.3, 0.4) is 0 Å². The molecule has 1 rings (SSSR count). The van der Waals surface area contributed by atoms with Crippen LogP contribution >= 0.6 is 0 Å². The second kappa shape index (κ2) is 8.10. The van der Waals surface area contributed by atoms with Crippen molar-refractivity contribution in [3.05, 3.63) is 29.6 Å². The molecule has 0 radical (unpaired) electrons. The Hall–Kier alpha value is -1.05. The van der Waals surface area contributed by atoms with Crippen LogP contribution in [0, 0.1) is 5.82 Å². The number of unbranched alkanes of at least 4 members (excludes halogenated alkanes) is 6. The number of anilines is 1. The highest BCUT2D eigenvalue weighted by Gasteiger charge is 2.00. The van der Waals surface area contributed by atoms with Crippen LogP contribution in [0.2, 0.25) is 0 Å². The molecular weight excluding hydrogens is 213 g/mol. The molecule has 1 aromatic carbocycles. The Morgan fingerprint density at radius 2 is 1.65 bits per heavy atom. The Labute approximate surface area is 104 Å². The van der Waals surface area contributed by atoms with E-state index in [0.29, 0.717) is 0 Å². The third-order valence-corrected chi connectivity index (χ3v) is 3.13. The van der Waals surface area contributed by atoms with E-state index in [1.807, 2.05) is 6.07 Å². The summed E-state index contributed by atoms with van der Waals surface area (Å²) in [4.78, 5) is 0. The number of nitrogen functional groups attached to an aromatic ring is 1. The van der Waals surface area contributed by atoms with Gasteiger partial charge in [-0.25, -0.2) is 4.39 Å². The first-order valence-electron chi connectivity index (χ1n) is 6.78. The smallest absolute Gasteiger partial charge is 0.146 e. The molecule has 0 aliphatic heterocycles. The fraction of sp³-hybridized carbons (Fsp3) is 0.600. The lowest BCUT2D eigenvalue weighted by Crippen LogP contribution is -1.93. The van der Waals surface area contributed by atoms with Gasteiger partial charge in [0.25, 0.3) is 0 Å². The molecule has 0 saturated heterocycles. The van der Waals surface area contributed by atoms with Crippen LogP contribution < -0.4 is 5.73 Å². The minimum atomic E-state index is -0.287. The van der Waals surface area contributed by atoms with E-state index in [-0.39, 0.29) is 11.5 Å². The maximum Gasteiger partial charge on any atom is 0.146 e. The highest BCUT2D eigenvalue weighted by Crippen LogP contribution is 2.15. The number of hydrogen-bond acceptors (Lipinski definition) is 1. The number of benzene rings is 1.